The van der Waals surface area contributed by atoms with Crippen LogP contribution in [0.3, 0.4) is 0 Å². The average molecular weight is 447 g/mol. The van der Waals surface area contributed by atoms with E-state index in [0.29, 0.717) is 29.9 Å². The van der Waals surface area contributed by atoms with Gasteiger partial charge in [-0.15, -0.1) is 0 Å². The zero-order valence-corrected chi connectivity index (χ0v) is 20.9. The van der Waals surface area contributed by atoms with Crippen molar-refractivity contribution in [3.63, 3.8) is 0 Å². The maximum atomic E-state index is 13.2. The second-order valence-electron chi connectivity index (χ2n) is 11.3. The van der Waals surface area contributed by atoms with Crippen LogP contribution in [0.4, 0.5) is 0 Å². The smallest absolute Gasteiger partial charge is 0.236 e. The molecule has 0 radical (unpaired) electrons. The summed E-state index contributed by atoms with van der Waals surface area (Å²) in [5, 5.41) is 0. The molecule has 5 aliphatic rings. The van der Waals surface area contributed by atoms with Gasteiger partial charge in [0.1, 0.15) is 0 Å². The van der Waals surface area contributed by atoms with Gasteiger partial charge in [-0.1, -0.05) is 31.9 Å². The Morgan fingerprint density at radius 1 is 1.19 bits per heavy atom. The van der Waals surface area contributed by atoms with Gasteiger partial charge in [-0.2, -0.15) is 0 Å². The molecule has 0 aromatic heterocycles. The predicted octanol–water partition coefficient (Wildman–Crippen LogP) is 6.63. The molecule has 1 spiro atoms. The quantitative estimate of drug-likeness (QED) is 0.309. The number of rotatable bonds is 8. The van der Waals surface area contributed by atoms with Crippen molar-refractivity contribution < 1.29 is 24.0 Å². The zero-order valence-electron chi connectivity index (χ0n) is 20.9. The number of ether oxygens (including phenoxy) is 2. The van der Waals surface area contributed by atoms with Crippen LogP contribution in [0.2, 0.25) is 0 Å². The van der Waals surface area contributed by atoms with Gasteiger partial charge in [0.2, 0.25) is 12.1 Å². The summed E-state index contributed by atoms with van der Waals surface area (Å²) in [6.45, 7) is 12.8. The van der Waals surface area contributed by atoms with Crippen molar-refractivity contribution in [3.05, 3.63) is 23.0 Å². The Balaban J connectivity index is 1.45. The van der Waals surface area contributed by atoms with Crippen LogP contribution >= 0.6 is 0 Å². The van der Waals surface area contributed by atoms with Crippen molar-refractivity contribution >= 4 is 5.78 Å². The molecule has 0 aromatic rings. The Kier molecular flexibility index (Phi) is 6.91. The number of allylic oxidation sites excluding steroid dienone is 3. The highest BCUT2D eigenvalue weighted by atomic mass is 17.3. The van der Waals surface area contributed by atoms with E-state index in [4.69, 9.17) is 19.2 Å². The van der Waals surface area contributed by atoms with Crippen LogP contribution in [0.15, 0.2) is 23.0 Å². The van der Waals surface area contributed by atoms with Crippen molar-refractivity contribution in [1.82, 2.24) is 0 Å². The summed E-state index contributed by atoms with van der Waals surface area (Å²) in [4.78, 5) is 25.2. The summed E-state index contributed by atoms with van der Waals surface area (Å²) in [5.74, 6) is 1.38. The van der Waals surface area contributed by atoms with E-state index < -0.39 is 17.7 Å². The number of hydrogen-bond donors (Lipinski definition) is 0. The van der Waals surface area contributed by atoms with Crippen molar-refractivity contribution in [2.24, 2.45) is 23.7 Å². The average Bonchev–Trinajstić information content (AvgIpc) is 2.96. The van der Waals surface area contributed by atoms with Gasteiger partial charge >= 0.3 is 0 Å². The molecular formula is C27H42O5. The summed E-state index contributed by atoms with van der Waals surface area (Å²) < 4.78 is 12.7. The normalized spacial score (nSPS) is 39.1. The molecule has 2 bridgehead atoms. The molecule has 1 saturated carbocycles. The number of fused-ring (bicyclic) bond motifs is 2. The van der Waals surface area contributed by atoms with Crippen molar-refractivity contribution in [3.8, 4) is 0 Å². The summed E-state index contributed by atoms with van der Waals surface area (Å²) in [5.41, 5.74) is 1.76. The molecule has 4 aliphatic heterocycles. The minimum Gasteiger partial charge on any atom is -0.458 e. The predicted molar refractivity (Wildman–Crippen MR) is 123 cm³/mol. The molecule has 3 saturated heterocycles. The highest BCUT2D eigenvalue weighted by Crippen LogP contribution is 2.60. The first-order chi connectivity index (χ1) is 15.2. The lowest BCUT2D eigenvalue weighted by Gasteiger charge is -2.57. The van der Waals surface area contributed by atoms with E-state index in [0.717, 1.165) is 50.5 Å². The maximum Gasteiger partial charge on any atom is 0.236 e. The lowest BCUT2D eigenvalue weighted by Crippen LogP contribution is -2.66. The summed E-state index contributed by atoms with van der Waals surface area (Å²) in [6.07, 6.45) is 10.4. The molecule has 0 N–H and O–H groups in total. The Bertz CT molecular complexity index is 781. The van der Waals surface area contributed by atoms with Gasteiger partial charge in [-0.05, 0) is 83.6 Å². The Labute approximate surface area is 193 Å². The van der Waals surface area contributed by atoms with E-state index in [2.05, 4.69) is 40.7 Å². The fourth-order valence-electron chi connectivity index (χ4n) is 6.42. The molecule has 5 heteroatoms. The molecule has 0 aromatic carbocycles. The van der Waals surface area contributed by atoms with Gasteiger partial charge in [0.05, 0.1) is 0 Å². The van der Waals surface area contributed by atoms with Gasteiger partial charge in [-0.3, -0.25) is 4.79 Å². The van der Waals surface area contributed by atoms with Crippen LogP contribution in [0, 0.1) is 23.7 Å². The van der Waals surface area contributed by atoms with Crippen LogP contribution in [0.5, 0.6) is 0 Å². The van der Waals surface area contributed by atoms with Crippen molar-refractivity contribution in [2.45, 2.75) is 117 Å². The van der Waals surface area contributed by atoms with Crippen molar-refractivity contribution in [1.29, 1.82) is 0 Å². The van der Waals surface area contributed by atoms with Crippen molar-refractivity contribution in [2.75, 3.05) is 0 Å². The third kappa shape index (κ3) is 4.33. The molecule has 4 fully saturated rings. The third-order valence-electron chi connectivity index (χ3n) is 8.39. The lowest BCUT2D eigenvalue weighted by molar-refractivity contribution is -0.555. The molecule has 1 unspecified atom stereocenters. The second-order valence-corrected chi connectivity index (χ2v) is 11.3. The number of hydrogen-bond acceptors (Lipinski definition) is 5. The number of carbonyl (C=O) groups is 1. The Morgan fingerprint density at radius 2 is 1.97 bits per heavy atom. The summed E-state index contributed by atoms with van der Waals surface area (Å²) >= 11 is 0. The first-order valence-electron chi connectivity index (χ1n) is 12.7. The largest absolute Gasteiger partial charge is 0.458 e. The first kappa shape index (κ1) is 24.0. The minimum absolute atomic E-state index is 0.104. The molecule has 7 atom stereocenters. The Morgan fingerprint density at radius 3 is 2.72 bits per heavy atom. The van der Waals surface area contributed by atoms with Crippen LogP contribution < -0.4 is 0 Å². The van der Waals surface area contributed by atoms with E-state index >= 15 is 0 Å². The van der Waals surface area contributed by atoms with Crippen LogP contribution in [-0.4, -0.2) is 23.5 Å². The SMILES string of the molecule is CC(C)=CCC[C@H](C)CCCC(=O)C1=C(C)[C@@H]2CC[C@@H](C)[C@@H]3CCC4(C)OO[C@@]23[C@H](O1)O4. The number of Topliss-reactive ketones (excluding diaryl/α,β-unsaturated/α-hetero) is 1. The number of carbonyl (C=O) groups excluding carboxylic acids is 1. The summed E-state index contributed by atoms with van der Waals surface area (Å²) in [7, 11) is 0. The van der Waals surface area contributed by atoms with Crippen LogP contribution in [-0.2, 0) is 24.0 Å². The van der Waals surface area contributed by atoms with Crippen LogP contribution in [0.1, 0.15) is 99.3 Å². The molecule has 5 nitrogen and oxygen atoms in total. The molecule has 1 aliphatic carbocycles. The molecule has 180 valence electrons. The molecule has 0 amide bonds. The van der Waals surface area contributed by atoms with Gasteiger partial charge in [-0.25, -0.2) is 9.78 Å². The third-order valence-corrected chi connectivity index (χ3v) is 8.39. The topological polar surface area (TPSA) is 54.0 Å². The maximum absolute atomic E-state index is 13.2. The highest BCUT2D eigenvalue weighted by molar-refractivity contribution is 5.94. The molecule has 32 heavy (non-hydrogen) atoms. The standard InChI is InChI=1S/C27H42O5/c1-17(2)9-7-10-18(3)11-8-12-23(28)24-20(5)22-14-13-19(4)21-15-16-26(6)30-25(29-24)27(21,22)32-31-26/h9,18-19,21-22,25H,7-8,10-16H2,1-6H3/t18-,19+,21-,22-,25+,26?,27+/m0/s1. The van der Waals surface area contributed by atoms with Gasteiger partial charge in [0.15, 0.2) is 17.1 Å². The minimum atomic E-state index is -0.808. The fourth-order valence-corrected chi connectivity index (χ4v) is 6.42. The summed E-state index contributed by atoms with van der Waals surface area (Å²) in [6, 6.07) is 0. The second kappa shape index (κ2) is 9.23. The van der Waals surface area contributed by atoms with Crippen LogP contribution in [0.25, 0.3) is 0 Å². The highest BCUT2D eigenvalue weighted by Gasteiger charge is 2.68. The molecule has 5 rings (SSSR count). The fraction of sp³-hybridized carbons (Fsp3) is 0.815. The van der Waals surface area contributed by atoms with E-state index in [1.54, 1.807) is 0 Å². The van der Waals surface area contributed by atoms with E-state index in [1.165, 1.54) is 12.0 Å². The molecular weight excluding hydrogens is 404 g/mol. The lowest BCUT2D eigenvalue weighted by atomic mass is 9.59. The zero-order chi connectivity index (χ0) is 23.1. The van der Waals surface area contributed by atoms with Gasteiger partial charge < -0.3 is 9.47 Å². The van der Waals surface area contributed by atoms with Gasteiger partial charge in [0.25, 0.3) is 0 Å². The van der Waals surface area contributed by atoms with Gasteiger partial charge in [0, 0.05) is 24.7 Å². The first-order valence-corrected chi connectivity index (χ1v) is 12.7. The van der Waals surface area contributed by atoms with E-state index in [-0.39, 0.29) is 11.7 Å². The molecule has 4 heterocycles. The monoisotopic (exact) mass is 446 g/mol. The van der Waals surface area contributed by atoms with E-state index in [9.17, 15) is 4.79 Å². The number of ketones is 1. The van der Waals surface area contributed by atoms with E-state index in [1.807, 2.05) is 6.92 Å². The Hall–Kier alpha value is -1.17.